The van der Waals surface area contributed by atoms with Gasteiger partial charge < -0.3 is 14.6 Å². The molecule has 70 heavy (non-hydrogen) atoms. The zero-order valence-corrected chi connectivity index (χ0v) is 43.0. The number of nitrogens with zero attached hydrogens (tertiary/aromatic N) is 1. The summed E-state index contributed by atoms with van der Waals surface area (Å²) < 4.78 is 9.96. The predicted molar refractivity (Wildman–Crippen MR) is 304 cm³/mol. The first-order chi connectivity index (χ1) is 33.5. The molecule has 10 aromatic rings. The average molecular weight is 929 g/mol. The predicted octanol–water partition coefficient (Wildman–Crippen LogP) is 17.2. The van der Waals surface area contributed by atoms with Crippen LogP contribution in [-0.4, -0.2) is 7.28 Å². The van der Waals surface area contributed by atoms with Gasteiger partial charge in [-0.3, -0.25) is 0 Å². The Balaban J connectivity index is 1.12. The molecule has 0 saturated heterocycles. The van der Waals surface area contributed by atoms with E-state index in [0.717, 1.165) is 41.9 Å². The van der Waals surface area contributed by atoms with Crippen LogP contribution in [0.3, 0.4) is 0 Å². The lowest BCUT2D eigenvalue weighted by atomic mass is 9.60. The van der Waals surface area contributed by atoms with Crippen molar-refractivity contribution in [2.75, 3.05) is 10.2 Å². The molecule has 3 nitrogen and oxygen atoms in total. The maximum atomic E-state index is 7.38. The van der Waals surface area contributed by atoms with Gasteiger partial charge in [0, 0.05) is 53.9 Å². The van der Waals surface area contributed by atoms with Crippen LogP contribution in [0.4, 0.5) is 28.4 Å². The highest BCUT2D eigenvalue weighted by atomic mass is 32.1. The van der Waals surface area contributed by atoms with Crippen molar-refractivity contribution in [1.82, 2.24) is 0 Å². The van der Waals surface area contributed by atoms with Crippen LogP contribution in [0.15, 0.2) is 150 Å². The van der Waals surface area contributed by atoms with Crippen LogP contribution in [-0.2, 0) is 21.7 Å². The van der Waals surface area contributed by atoms with Gasteiger partial charge in [-0.25, -0.2) is 0 Å². The van der Waals surface area contributed by atoms with Crippen LogP contribution in [0.25, 0.3) is 64.2 Å². The molecule has 0 amide bonds. The Morgan fingerprint density at radius 1 is 0.514 bits per heavy atom. The standard InChI is InChI=1S/C65H61BN2OS/c1-38-30-47-49(64(6,7)28-26-62(47,2)3)36-53(38)68-54-34-42(39-18-11-10-12-19-39)32-45(59(54)66-61-60(68)46-35-48-50(37-55(46)69-61)65(8,9)29-27-63(48,4)5)44-31-40-20-13-14-21-41(40)33-52(44)67-51-23-17-25-57-58(51)43-22-15-16-24-56(43)70-57/h10-25,30-37,66-67H,26-29H2,1-9H3. The molecule has 2 aromatic heterocycles. The molecule has 3 heterocycles. The maximum Gasteiger partial charge on any atom is 0.244 e. The summed E-state index contributed by atoms with van der Waals surface area (Å²) in [4.78, 5) is 2.64. The maximum absolute atomic E-state index is 7.38. The zero-order valence-electron chi connectivity index (χ0n) is 42.2. The summed E-state index contributed by atoms with van der Waals surface area (Å²) in [7, 11) is 0.664. The summed E-state index contributed by atoms with van der Waals surface area (Å²) in [6, 6.07) is 55.2. The Morgan fingerprint density at radius 3 is 1.86 bits per heavy atom. The van der Waals surface area contributed by atoms with Crippen molar-refractivity contribution in [1.29, 1.82) is 0 Å². The first kappa shape index (κ1) is 43.5. The molecule has 2 aliphatic carbocycles. The molecule has 1 N–H and O–H groups in total. The van der Waals surface area contributed by atoms with Gasteiger partial charge in [-0.05, 0) is 176 Å². The SMILES string of the molecule is Cc1cc2c(cc1N1c3cc(-c4ccccc4)cc(-c4cc5ccccc5cc4Nc4cccc5sc6ccccc6c45)c3Bc3oc4cc5c(cc4c31)C(C)(C)CCC5(C)C)C(C)(C)CCC2(C)C. The minimum absolute atomic E-state index is 0.0290. The first-order valence-corrected chi connectivity index (χ1v) is 26.4. The summed E-state index contributed by atoms with van der Waals surface area (Å²) >= 11 is 1.86. The summed E-state index contributed by atoms with van der Waals surface area (Å²) in [5.74, 6) is 0. The molecule has 1 aliphatic heterocycles. The van der Waals surface area contributed by atoms with Crippen molar-refractivity contribution in [3.05, 3.63) is 173 Å². The molecule has 13 rings (SSSR count). The van der Waals surface area contributed by atoms with E-state index in [2.05, 4.69) is 218 Å². The fourth-order valence-electron chi connectivity index (χ4n) is 12.7. The fourth-order valence-corrected chi connectivity index (χ4v) is 13.8. The van der Waals surface area contributed by atoms with Gasteiger partial charge in [0.25, 0.3) is 0 Å². The minimum atomic E-state index is 0.0290. The average Bonchev–Trinajstić information content (AvgIpc) is 3.92. The second kappa shape index (κ2) is 15.2. The number of rotatable bonds is 5. The summed E-state index contributed by atoms with van der Waals surface area (Å²) in [5, 5.41) is 10.3. The molecule has 0 unspecified atom stereocenters. The molecular weight excluding hydrogens is 868 g/mol. The van der Waals surface area contributed by atoms with Crippen LogP contribution in [0, 0.1) is 6.92 Å². The Bertz CT molecular complexity index is 3810. The number of furan rings is 1. The lowest BCUT2D eigenvalue weighted by molar-refractivity contribution is 0.332. The van der Waals surface area contributed by atoms with E-state index in [1.807, 2.05) is 11.3 Å². The number of hydrogen-bond donors (Lipinski definition) is 1. The van der Waals surface area contributed by atoms with Crippen molar-refractivity contribution < 1.29 is 4.42 Å². The third-order valence-corrected chi connectivity index (χ3v) is 18.2. The topological polar surface area (TPSA) is 28.4 Å². The van der Waals surface area contributed by atoms with E-state index in [9.17, 15) is 0 Å². The largest absolute Gasteiger partial charge is 0.469 e. The number of fused-ring (bicyclic) bond motifs is 10. The van der Waals surface area contributed by atoms with E-state index in [0.29, 0.717) is 7.28 Å². The highest BCUT2D eigenvalue weighted by Crippen LogP contribution is 2.54. The Morgan fingerprint density at radius 2 is 1.13 bits per heavy atom. The number of thiophene rings is 1. The Kier molecular flexibility index (Phi) is 9.45. The third kappa shape index (κ3) is 6.67. The zero-order chi connectivity index (χ0) is 48.1. The molecule has 3 aliphatic rings. The van der Waals surface area contributed by atoms with Crippen LogP contribution in [0.5, 0.6) is 0 Å². The Labute approximate surface area is 417 Å². The number of hydrogen-bond acceptors (Lipinski definition) is 4. The third-order valence-electron chi connectivity index (χ3n) is 17.1. The Hall–Kier alpha value is -6.56. The quantitative estimate of drug-likeness (QED) is 0.174. The van der Waals surface area contributed by atoms with Gasteiger partial charge in [0.2, 0.25) is 7.28 Å². The van der Waals surface area contributed by atoms with E-state index < -0.39 is 0 Å². The number of benzene rings is 8. The number of aryl methyl sites for hydroxylation is 1. The normalized spacial score (nSPS) is 17.2. The lowest BCUT2D eigenvalue weighted by Gasteiger charge is -2.43. The van der Waals surface area contributed by atoms with E-state index in [1.54, 1.807) is 0 Å². The lowest BCUT2D eigenvalue weighted by Crippen LogP contribution is -2.40. The van der Waals surface area contributed by atoms with Crippen LogP contribution < -0.4 is 21.3 Å². The van der Waals surface area contributed by atoms with E-state index in [4.69, 9.17) is 4.42 Å². The van der Waals surface area contributed by atoms with Gasteiger partial charge in [-0.2, -0.15) is 0 Å². The highest BCUT2D eigenvalue weighted by Gasteiger charge is 2.42. The molecule has 0 bridgehead atoms. The summed E-state index contributed by atoms with van der Waals surface area (Å²) in [6.45, 7) is 21.9. The molecule has 0 atom stereocenters. The molecule has 0 fully saturated rings. The van der Waals surface area contributed by atoms with Crippen molar-refractivity contribution in [3.63, 3.8) is 0 Å². The molecule has 8 aromatic carbocycles. The first-order valence-electron chi connectivity index (χ1n) is 25.5. The number of nitrogens with one attached hydrogen (secondary N) is 1. The van der Waals surface area contributed by atoms with Gasteiger partial charge >= 0.3 is 0 Å². The smallest absolute Gasteiger partial charge is 0.244 e. The van der Waals surface area contributed by atoms with Crippen molar-refractivity contribution in [2.45, 2.75) is 110 Å². The van der Waals surface area contributed by atoms with Gasteiger partial charge in [-0.1, -0.05) is 140 Å². The van der Waals surface area contributed by atoms with E-state index in [1.165, 1.54) is 115 Å². The van der Waals surface area contributed by atoms with Crippen molar-refractivity contribution in [3.8, 4) is 22.3 Å². The van der Waals surface area contributed by atoms with Gasteiger partial charge in [0.05, 0.1) is 11.3 Å². The molecule has 0 radical (unpaired) electrons. The van der Waals surface area contributed by atoms with Gasteiger partial charge in [0.1, 0.15) is 5.58 Å². The molecule has 0 saturated carbocycles. The van der Waals surface area contributed by atoms with Crippen LogP contribution in [0.1, 0.15) is 109 Å². The van der Waals surface area contributed by atoms with Gasteiger partial charge in [0.15, 0.2) is 0 Å². The van der Waals surface area contributed by atoms with Crippen molar-refractivity contribution >= 4 is 100 Å². The van der Waals surface area contributed by atoms with E-state index in [-0.39, 0.29) is 21.7 Å². The molecular formula is C65H61BN2OS. The minimum Gasteiger partial charge on any atom is -0.469 e. The second-order valence-electron chi connectivity index (χ2n) is 23.5. The van der Waals surface area contributed by atoms with E-state index >= 15 is 0 Å². The van der Waals surface area contributed by atoms with Crippen LogP contribution >= 0.6 is 11.3 Å². The highest BCUT2D eigenvalue weighted by molar-refractivity contribution is 7.26. The molecule has 5 heteroatoms. The summed E-state index contributed by atoms with van der Waals surface area (Å²) in [5.41, 5.74) is 21.2. The molecule has 0 spiro atoms. The van der Waals surface area contributed by atoms with Gasteiger partial charge in [-0.15, -0.1) is 11.3 Å². The van der Waals surface area contributed by atoms with Crippen LogP contribution in [0.2, 0.25) is 0 Å². The van der Waals surface area contributed by atoms with Crippen molar-refractivity contribution in [2.24, 2.45) is 0 Å². The molecule has 346 valence electrons. The number of anilines is 5. The summed E-state index contributed by atoms with van der Waals surface area (Å²) in [6.07, 6.45) is 4.64. The fraction of sp³-hybridized carbons (Fsp3) is 0.262. The second-order valence-corrected chi connectivity index (χ2v) is 24.6. The monoisotopic (exact) mass is 928 g/mol.